The highest BCUT2D eigenvalue weighted by Gasteiger charge is 2.44. The molecule has 1 aromatic rings. The summed E-state index contributed by atoms with van der Waals surface area (Å²) in [4.78, 5) is 22.2. The molecule has 5 nitrogen and oxygen atoms in total. The number of rotatable bonds is 2. The first kappa shape index (κ1) is 12.1. The van der Waals surface area contributed by atoms with Gasteiger partial charge < -0.3 is 14.6 Å². The second-order valence-electron chi connectivity index (χ2n) is 3.47. The van der Waals surface area contributed by atoms with E-state index in [0.29, 0.717) is 5.56 Å². The van der Waals surface area contributed by atoms with Crippen molar-refractivity contribution in [1.82, 2.24) is 0 Å². The third-order valence-electron chi connectivity index (χ3n) is 2.33. The summed E-state index contributed by atoms with van der Waals surface area (Å²) in [5.74, 6) is -0.647. The summed E-state index contributed by atoms with van der Waals surface area (Å²) >= 11 is 4.70. The number of carbonyl (C=O) groups excluding carboxylic acids is 1. The molecule has 1 unspecified atom stereocenters. The number of hydrogen-bond donors (Lipinski definition) is 1. The average molecular weight is 319 g/mol. The Morgan fingerprint density at radius 2 is 2.35 bits per heavy atom. The molecule has 1 aliphatic heterocycles. The molecule has 0 aliphatic carbocycles. The molecule has 2 heterocycles. The molecule has 1 aromatic heterocycles. The molecule has 0 aromatic carbocycles. The number of halogens is 1. The van der Waals surface area contributed by atoms with Crippen LogP contribution in [0.1, 0.15) is 12.5 Å². The first-order valence-electron chi connectivity index (χ1n) is 4.52. The largest absolute Gasteiger partial charge is 0.513 e. The Morgan fingerprint density at radius 1 is 1.65 bits per heavy atom. The van der Waals surface area contributed by atoms with Crippen molar-refractivity contribution in [3.63, 3.8) is 0 Å². The summed E-state index contributed by atoms with van der Waals surface area (Å²) in [6.07, 6.45) is -0.473. The van der Waals surface area contributed by atoms with Crippen LogP contribution in [-0.2, 0) is 19.9 Å². The zero-order valence-corrected chi connectivity index (χ0v) is 11.0. The number of ketones is 1. The third kappa shape index (κ3) is 2.20. The zero-order chi connectivity index (χ0) is 12.6. The van der Waals surface area contributed by atoms with Gasteiger partial charge in [-0.25, -0.2) is 4.79 Å². The van der Waals surface area contributed by atoms with Gasteiger partial charge in [-0.15, -0.1) is 11.3 Å². The average Bonchev–Trinajstić information content (AvgIpc) is 2.73. The topological polar surface area (TPSA) is 72.8 Å². The van der Waals surface area contributed by atoms with Crippen LogP contribution in [0, 0.1) is 0 Å². The first-order valence-corrected chi connectivity index (χ1v) is 6.19. The minimum Gasteiger partial charge on any atom is -0.449 e. The van der Waals surface area contributed by atoms with E-state index in [2.05, 4.69) is 20.7 Å². The van der Waals surface area contributed by atoms with Gasteiger partial charge in [-0.3, -0.25) is 4.79 Å². The van der Waals surface area contributed by atoms with Gasteiger partial charge >= 0.3 is 6.16 Å². The number of thiophene rings is 1. The van der Waals surface area contributed by atoms with E-state index in [4.69, 9.17) is 9.84 Å². The van der Waals surface area contributed by atoms with E-state index >= 15 is 0 Å². The summed E-state index contributed by atoms with van der Waals surface area (Å²) in [5, 5.41) is 10.2. The van der Waals surface area contributed by atoms with E-state index < -0.39 is 11.8 Å². The predicted octanol–water partition coefficient (Wildman–Crippen LogP) is 2.86. The van der Waals surface area contributed by atoms with E-state index in [-0.39, 0.29) is 11.7 Å². The monoisotopic (exact) mass is 318 g/mol. The molecule has 1 N–H and O–H groups in total. The Balaban J connectivity index is 2.25. The molecule has 2 rings (SSSR count). The molecule has 0 saturated carbocycles. The van der Waals surface area contributed by atoms with Gasteiger partial charge in [0.15, 0.2) is 5.60 Å². The summed E-state index contributed by atoms with van der Waals surface area (Å²) in [6, 6.07) is 1.75. The highest BCUT2D eigenvalue weighted by Crippen LogP contribution is 2.38. The lowest BCUT2D eigenvalue weighted by Gasteiger charge is -2.21. The van der Waals surface area contributed by atoms with E-state index in [9.17, 15) is 9.59 Å². The van der Waals surface area contributed by atoms with Gasteiger partial charge in [-0.2, -0.15) is 0 Å². The molecule has 0 fully saturated rings. The Kier molecular flexibility index (Phi) is 2.96. The smallest absolute Gasteiger partial charge is 0.449 e. The first-order chi connectivity index (χ1) is 7.91. The van der Waals surface area contributed by atoms with E-state index in [1.54, 1.807) is 18.4 Å². The number of hydrogen-bond acceptors (Lipinski definition) is 5. The molecule has 0 bridgehead atoms. The molecule has 0 spiro atoms. The predicted molar refractivity (Wildman–Crippen MR) is 62.7 cm³/mol. The maximum Gasteiger partial charge on any atom is 0.513 e. The van der Waals surface area contributed by atoms with E-state index in [0.717, 1.165) is 9.86 Å². The fraction of sp³-hybridized carbons (Fsp3) is 0.200. The van der Waals surface area contributed by atoms with Crippen molar-refractivity contribution in [2.24, 2.45) is 0 Å². The standard InChI is InChI=1S/C10H7BrO5S/c1-10(5-2-7(11)17-4-5)6(12)3-8(16-10)15-9(13)14/h2-4H,1H3,(H,13,14). The lowest BCUT2D eigenvalue weighted by molar-refractivity contribution is -0.132. The Bertz CT molecular complexity index is 521. The van der Waals surface area contributed by atoms with Gasteiger partial charge in [-0.1, -0.05) is 0 Å². The highest BCUT2D eigenvalue weighted by atomic mass is 79.9. The van der Waals surface area contributed by atoms with Crippen molar-refractivity contribution in [1.29, 1.82) is 0 Å². The maximum absolute atomic E-state index is 11.8. The van der Waals surface area contributed by atoms with Crippen molar-refractivity contribution >= 4 is 39.2 Å². The van der Waals surface area contributed by atoms with Crippen LogP contribution in [0.2, 0.25) is 0 Å². The summed E-state index contributed by atoms with van der Waals surface area (Å²) in [7, 11) is 0. The van der Waals surface area contributed by atoms with Gasteiger partial charge in [0.25, 0.3) is 5.95 Å². The van der Waals surface area contributed by atoms with Crippen molar-refractivity contribution in [3.8, 4) is 0 Å². The highest BCUT2D eigenvalue weighted by molar-refractivity contribution is 9.11. The summed E-state index contributed by atoms with van der Waals surface area (Å²) in [6.45, 7) is 1.57. The molecule has 90 valence electrons. The fourth-order valence-electron chi connectivity index (χ4n) is 1.42. The normalized spacial score (nSPS) is 23.2. The van der Waals surface area contributed by atoms with Crippen molar-refractivity contribution in [2.75, 3.05) is 0 Å². The lowest BCUT2D eigenvalue weighted by atomic mass is 9.95. The minimum atomic E-state index is -1.51. The van der Waals surface area contributed by atoms with Gasteiger partial charge in [0.2, 0.25) is 5.78 Å². The van der Waals surface area contributed by atoms with E-state index in [1.807, 2.05) is 0 Å². The molecule has 17 heavy (non-hydrogen) atoms. The second-order valence-corrected chi connectivity index (χ2v) is 5.76. The van der Waals surface area contributed by atoms with Crippen LogP contribution < -0.4 is 0 Å². The van der Waals surface area contributed by atoms with Gasteiger partial charge in [-0.05, 0) is 34.3 Å². The van der Waals surface area contributed by atoms with Gasteiger partial charge in [0.1, 0.15) is 0 Å². The molecule has 0 radical (unpaired) electrons. The van der Waals surface area contributed by atoms with Crippen LogP contribution in [0.5, 0.6) is 0 Å². The van der Waals surface area contributed by atoms with Crippen molar-refractivity contribution in [3.05, 3.63) is 32.8 Å². The Labute approximate surface area is 109 Å². The Hall–Kier alpha value is -1.34. The molecule has 7 heteroatoms. The molecular weight excluding hydrogens is 312 g/mol. The molecule has 0 saturated heterocycles. The zero-order valence-electron chi connectivity index (χ0n) is 8.60. The third-order valence-corrected chi connectivity index (χ3v) is 3.83. The summed E-state index contributed by atoms with van der Waals surface area (Å²) < 4.78 is 10.5. The SMILES string of the molecule is CC1(c2csc(Br)c2)OC(OC(=O)O)=CC1=O. The van der Waals surface area contributed by atoms with Crippen LogP contribution in [-0.4, -0.2) is 17.0 Å². The van der Waals surface area contributed by atoms with Gasteiger partial charge in [0, 0.05) is 5.56 Å². The number of carbonyl (C=O) groups is 2. The molecule has 1 atom stereocenters. The fourth-order valence-corrected chi connectivity index (χ4v) is 2.68. The Morgan fingerprint density at radius 3 is 2.88 bits per heavy atom. The van der Waals surface area contributed by atoms with Crippen LogP contribution in [0.15, 0.2) is 27.3 Å². The number of ether oxygens (including phenoxy) is 2. The van der Waals surface area contributed by atoms with Crippen LogP contribution in [0.4, 0.5) is 4.79 Å². The minimum absolute atomic E-state index is 0.299. The number of carboxylic acid groups (broad SMARTS) is 1. The van der Waals surface area contributed by atoms with Crippen LogP contribution >= 0.6 is 27.3 Å². The molecular formula is C10H7BrO5S. The van der Waals surface area contributed by atoms with Crippen molar-refractivity contribution in [2.45, 2.75) is 12.5 Å². The van der Waals surface area contributed by atoms with Crippen LogP contribution in [0.3, 0.4) is 0 Å². The van der Waals surface area contributed by atoms with Gasteiger partial charge in [0.05, 0.1) is 9.86 Å². The molecule has 1 aliphatic rings. The van der Waals surface area contributed by atoms with Crippen LogP contribution in [0.25, 0.3) is 0 Å². The molecule has 0 amide bonds. The van der Waals surface area contributed by atoms with E-state index in [1.165, 1.54) is 11.3 Å². The second kappa shape index (κ2) is 4.15. The lowest BCUT2D eigenvalue weighted by Crippen LogP contribution is -2.29. The quantitative estimate of drug-likeness (QED) is 0.849. The van der Waals surface area contributed by atoms with Crippen molar-refractivity contribution < 1.29 is 24.2 Å². The maximum atomic E-state index is 11.8. The summed E-state index contributed by atoms with van der Waals surface area (Å²) in [5.41, 5.74) is -0.563.